The van der Waals surface area contributed by atoms with Gasteiger partial charge >= 0.3 is 6.36 Å². The largest absolute Gasteiger partial charge is 0.573 e. The molecule has 5 rings (SSSR count). The predicted octanol–water partition coefficient (Wildman–Crippen LogP) is 4.02. The Bertz CT molecular complexity index is 1560. The quantitative estimate of drug-likeness (QED) is 0.413. The van der Waals surface area contributed by atoms with Crippen molar-refractivity contribution in [3.8, 4) is 16.9 Å². The summed E-state index contributed by atoms with van der Waals surface area (Å²) in [5.74, 6) is -0.620. The number of nitrogen functional groups attached to an aromatic ring is 1. The van der Waals surface area contributed by atoms with Crippen LogP contribution < -0.4 is 15.8 Å². The number of halogens is 3. The lowest BCUT2D eigenvalue weighted by molar-refractivity contribution is -0.274. The first kappa shape index (κ1) is 21.2. The molecule has 172 valence electrons. The van der Waals surface area contributed by atoms with Crippen LogP contribution in [0.25, 0.3) is 27.7 Å². The van der Waals surface area contributed by atoms with E-state index >= 15 is 0 Å². The highest BCUT2D eigenvalue weighted by Crippen LogP contribution is 2.32. The first-order chi connectivity index (χ1) is 16.2. The van der Waals surface area contributed by atoms with Gasteiger partial charge in [-0.3, -0.25) is 18.9 Å². The summed E-state index contributed by atoms with van der Waals surface area (Å²) in [6.07, 6.45) is 1.57. The number of aromatic nitrogens is 5. The lowest BCUT2D eigenvalue weighted by Gasteiger charge is -2.11. The lowest BCUT2D eigenvalue weighted by Crippen LogP contribution is -2.18. The van der Waals surface area contributed by atoms with Gasteiger partial charge in [-0.25, -0.2) is 4.98 Å². The number of rotatable bonds is 4. The third-order valence-corrected chi connectivity index (χ3v) is 5.17. The van der Waals surface area contributed by atoms with Crippen molar-refractivity contribution in [3.05, 3.63) is 66.9 Å². The van der Waals surface area contributed by atoms with Crippen molar-refractivity contribution in [2.45, 2.75) is 6.36 Å². The summed E-state index contributed by atoms with van der Waals surface area (Å²) < 4.78 is 44.5. The molecule has 0 saturated heterocycles. The summed E-state index contributed by atoms with van der Waals surface area (Å²) in [5.41, 5.74) is 9.22. The standard InChI is InChI=1S/C22H16F3N7O2/c1-31-16-10-27-9-15(19(16)20(26)30-31)12-5-6-32-17(11-28-18(32)7-12)21(33)29-13-3-2-4-14(8-13)34-22(23,24)25/h2-11H,1H3,(H2,26,30)(H,29,33). The average Bonchev–Trinajstić information content (AvgIpc) is 3.33. The molecule has 0 bridgehead atoms. The summed E-state index contributed by atoms with van der Waals surface area (Å²) >= 11 is 0. The van der Waals surface area contributed by atoms with Crippen molar-refractivity contribution in [1.82, 2.24) is 24.1 Å². The van der Waals surface area contributed by atoms with Gasteiger partial charge in [-0.05, 0) is 29.8 Å². The molecule has 0 aliphatic carbocycles. The topological polar surface area (TPSA) is 112 Å². The van der Waals surface area contributed by atoms with E-state index < -0.39 is 18.0 Å². The zero-order chi connectivity index (χ0) is 24.0. The summed E-state index contributed by atoms with van der Waals surface area (Å²) in [4.78, 5) is 21.4. The molecular formula is C22H16F3N7O2. The molecule has 0 spiro atoms. The van der Waals surface area contributed by atoms with E-state index in [1.54, 1.807) is 46.9 Å². The number of amides is 1. The van der Waals surface area contributed by atoms with E-state index in [-0.39, 0.29) is 11.4 Å². The van der Waals surface area contributed by atoms with Crippen molar-refractivity contribution in [3.63, 3.8) is 0 Å². The molecule has 5 aromatic rings. The third kappa shape index (κ3) is 3.85. The number of nitrogens with zero attached hydrogens (tertiary/aromatic N) is 5. The fourth-order valence-electron chi connectivity index (χ4n) is 3.73. The molecule has 4 aromatic heterocycles. The van der Waals surface area contributed by atoms with Crippen LogP contribution in [0.5, 0.6) is 5.75 Å². The number of alkyl halides is 3. The van der Waals surface area contributed by atoms with Crippen LogP contribution in [-0.4, -0.2) is 36.4 Å². The maximum absolute atomic E-state index is 12.8. The predicted molar refractivity (Wildman–Crippen MR) is 118 cm³/mol. The van der Waals surface area contributed by atoms with Crippen molar-refractivity contribution in [2.75, 3.05) is 11.1 Å². The lowest BCUT2D eigenvalue weighted by atomic mass is 10.1. The molecule has 12 heteroatoms. The molecule has 4 heterocycles. The zero-order valence-corrected chi connectivity index (χ0v) is 17.5. The summed E-state index contributed by atoms with van der Waals surface area (Å²) in [5, 5.41) is 7.56. The van der Waals surface area contributed by atoms with Gasteiger partial charge in [0.1, 0.15) is 17.1 Å². The van der Waals surface area contributed by atoms with Gasteiger partial charge < -0.3 is 15.8 Å². The fraction of sp³-hybridized carbons (Fsp3) is 0.0909. The van der Waals surface area contributed by atoms with Gasteiger partial charge in [0, 0.05) is 36.8 Å². The summed E-state index contributed by atoms with van der Waals surface area (Å²) in [7, 11) is 1.78. The second-order valence-electron chi connectivity index (χ2n) is 7.41. The maximum atomic E-state index is 12.8. The highest BCUT2D eigenvalue weighted by atomic mass is 19.4. The number of aryl methyl sites for hydroxylation is 1. The van der Waals surface area contributed by atoms with E-state index in [2.05, 4.69) is 25.1 Å². The molecule has 0 saturated carbocycles. The van der Waals surface area contributed by atoms with Gasteiger partial charge in [0.25, 0.3) is 5.91 Å². The molecule has 0 fully saturated rings. The number of fused-ring (bicyclic) bond motifs is 2. The number of pyridine rings is 2. The number of benzene rings is 1. The summed E-state index contributed by atoms with van der Waals surface area (Å²) in [6, 6.07) is 8.58. The Kier molecular flexibility index (Phi) is 4.85. The van der Waals surface area contributed by atoms with Gasteiger partial charge in [0.05, 0.1) is 23.3 Å². The van der Waals surface area contributed by atoms with Gasteiger partial charge in [-0.2, -0.15) is 5.10 Å². The van der Waals surface area contributed by atoms with Crippen molar-refractivity contribution >= 4 is 34.0 Å². The van der Waals surface area contributed by atoms with Crippen LogP contribution in [0.3, 0.4) is 0 Å². The molecule has 0 atom stereocenters. The number of hydrogen-bond acceptors (Lipinski definition) is 6. The second kappa shape index (κ2) is 7.76. The first-order valence-electron chi connectivity index (χ1n) is 9.90. The van der Waals surface area contributed by atoms with Crippen LogP contribution in [0, 0.1) is 0 Å². The molecule has 34 heavy (non-hydrogen) atoms. The van der Waals surface area contributed by atoms with Crippen LogP contribution in [0.15, 0.2) is 61.2 Å². The van der Waals surface area contributed by atoms with Gasteiger partial charge in [-0.15, -0.1) is 13.2 Å². The number of nitrogens with one attached hydrogen (secondary N) is 1. The van der Waals surface area contributed by atoms with Crippen molar-refractivity contribution in [1.29, 1.82) is 0 Å². The van der Waals surface area contributed by atoms with Crippen LogP contribution in [-0.2, 0) is 7.05 Å². The Morgan fingerprint density at radius 1 is 1.15 bits per heavy atom. The normalized spacial score (nSPS) is 11.8. The minimum atomic E-state index is -4.83. The number of carbonyl (C=O) groups is 1. The molecule has 3 N–H and O–H groups in total. The minimum absolute atomic E-state index is 0.142. The molecule has 0 unspecified atom stereocenters. The SMILES string of the molecule is Cn1nc(N)c2c(-c3ccn4c(C(=O)Nc5cccc(OC(F)(F)F)c5)cnc4c3)cncc21. The van der Waals surface area contributed by atoms with E-state index in [1.165, 1.54) is 18.3 Å². The fourth-order valence-corrected chi connectivity index (χ4v) is 3.73. The van der Waals surface area contributed by atoms with Crippen LogP contribution in [0.1, 0.15) is 10.5 Å². The van der Waals surface area contributed by atoms with E-state index in [1.807, 2.05) is 0 Å². The second-order valence-corrected chi connectivity index (χ2v) is 7.41. The van der Waals surface area contributed by atoms with E-state index in [0.29, 0.717) is 11.5 Å². The average molecular weight is 467 g/mol. The van der Waals surface area contributed by atoms with Crippen molar-refractivity contribution < 1.29 is 22.7 Å². The Morgan fingerprint density at radius 2 is 1.97 bits per heavy atom. The Hall–Kier alpha value is -4.61. The van der Waals surface area contributed by atoms with Crippen LogP contribution in [0.4, 0.5) is 24.7 Å². The molecule has 9 nitrogen and oxygen atoms in total. The van der Waals surface area contributed by atoms with E-state index in [0.717, 1.165) is 34.2 Å². The summed E-state index contributed by atoms with van der Waals surface area (Å²) in [6.45, 7) is 0. The van der Waals surface area contributed by atoms with Gasteiger partial charge in [0.2, 0.25) is 0 Å². The van der Waals surface area contributed by atoms with Gasteiger partial charge in [0.15, 0.2) is 5.82 Å². The molecule has 1 aromatic carbocycles. The smallest absolute Gasteiger partial charge is 0.406 e. The molecule has 0 radical (unpaired) electrons. The Labute approximate surface area is 189 Å². The highest BCUT2D eigenvalue weighted by molar-refractivity contribution is 6.04. The number of carbonyl (C=O) groups excluding carboxylic acids is 1. The van der Waals surface area contributed by atoms with Crippen molar-refractivity contribution in [2.24, 2.45) is 7.05 Å². The Balaban J connectivity index is 1.45. The van der Waals surface area contributed by atoms with E-state index in [9.17, 15) is 18.0 Å². The molecule has 0 aliphatic rings. The van der Waals surface area contributed by atoms with Crippen LogP contribution in [0.2, 0.25) is 0 Å². The zero-order valence-electron chi connectivity index (χ0n) is 17.5. The molecule has 1 amide bonds. The van der Waals surface area contributed by atoms with Gasteiger partial charge in [-0.1, -0.05) is 6.07 Å². The minimum Gasteiger partial charge on any atom is -0.406 e. The Morgan fingerprint density at radius 3 is 2.76 bits per heavy atom. The number of nitrogens with two attached hydrogens (primary N) is 1. The number of anilines is 2. The monoisotopic (exact) mass is 467 g/mol. The van der Waals surface area contributed by atoms with Crippen LogP contribution >= 0.6 is 0 Å². The number of ether oxygens (including phenoxy) is 1. The maximum Gasteiger partial charge on any atom is 0.573 e. The number of imidazole rings is 1. The third-order valence-electron chi connectivity index (χ3n) is 5.17. The molecule has 0 aliphatic heterocycles. The first-order valence-corrected chi connectivity index (χ1v) is 9.90. The number of hydrogen-bond donors (Lipinski definition) is 2. The highest BCUT2D eigenvalue weighted by Gasteiger charge is 2.31. The molecular weight excluding hydrogens is 451 g/mol. The van der Waals surface area contributed by atoms with E-state index in [4.69, 9.17) is 5.73 Å².